The lowest BCUT2D eigenvalue weighted by Crippen LogP contribution is -2.18. The monoisotopic (exact) mass is 340 g/mol. The minimum Gasteiger partial charge on any atom is -0.492 e. The molecule has 4 heteroatoms. The highest BCUT2D eigenvalue weighted by molar-refractivity contribution is 6.35. The lowest BCUT2D eigenvalue weighted by molar-refractivity contribution is 0.291. The van der Waals surface area contributed by atoms with E-state index in [1.54, 1.807) is 12.1 Å². The van der Waals surface area contributed by atoms with E-state index in [9.17, 15) is 0 Å². The van der Waals surface area contributed by atoms with Crippen LogP contribution in [0.4, 0.5) is 0 Å². The van der Waals surface area contributed by atoms with Crippen LogP contribution in [-0.2, 0) is 5.41 Å². The molecule has 0 aromatic heterocycles. The van der Waals surface area contributed by atoms with Crippen LogP contribution >= 0.6 is 34.8 Å². The number of benzene rings is 2. The summed E-state index contributed by atoms with van der Waals surface area (Å²) in [5.41, 5.74) is 3.00. The van der Waals surface area contributed by atoms with Crippen molar-refractivity contribution < 1.29 is 4.74 Å². The molecule has 0 saturated carbocycles. The lowest BCUT2D eigenvalue weighted by atomic mass is 9.85. The molecule has 0 bridgehead atoms. The summed E-state index contributed by atoms with van der Waals surface area (Å²) in [5, 5.41) is 0.915. The zero-order chi connectivity index (χ0) is 15.2. The third kappa shape index (κ3) is 2.75. The van der Waals surface area contributed by atoms with E-state index in [0.717, 1.165) is 16.9 Å². The zero-order valence-electron chi connectivity index (χ0n) is 11.8. The van der Waals surface area contributed by atoms with Crippen molar-refractivity contribution in [3.8, 4) is 5.75 Å². The Kier molecular flexibility index (Phi) is 3.85. The maximum atomic E-state index is 6.62. The Morgan fingerprint density at radius 1 is 1.10 bits per heavy atom. The second kappa shape index (κ2) is 5.39. The maximum absolute atomic E-state index is 6.62. The Bertz CT molecular complexity index is 694. The Balaban J connectivity index is 2.03. The van der Waals surface area contributed by atoms with E-state index in [2.05, 4.69) is 19.9 Å². The highest BCUT2D eigenvalue weighted by atomic mass is 35.5. The molecular formula is C17H15Cl3O. The normalized spacial score (nSPS) is 17.2. The second-order valence-electron chi connectivity index (χ2n) is 5.96. The highest BCUT2D eigenvalue weighted by Crippen LogP contribution is 2.42. The van der Waals surface area contributed by atoms with Crippen molar-refractivity contribution in [3.05, 3.63) is 63.1 Å². The molecule has 2 aromatic carbocycles. The minimum atomic E-state index is -0.335. The molecule has 0 fully saturated rings. The Hall–Kier alpha value is -0.890. The fraction of sp³-hybridized carbons (Fsp3) is 0.294. The number of fused-ring (bicyclic) bond motifs is 1. The largest absolute Gasteiger partial charge is 0.492 e. The molecule has 3 rings (SSSR count). The van der Waals surface area contributed by atoms with Crippen LogP contribution in [-0.4, -0.2) is 6.61 Å². The van der Waals surface area contributed by atoms with E-state index in [-0.39, 0.29) is 10.8 Å². The van der Waals surface area contributed by atoms with Gasteiger partial charge in [0.15, 0.2) is 0 Å². The van der Waals surface area contributed by atoms with Gasteiger partial charge in [0.1, 0.15) is 5.75 Å². The van der Waals surface area contributed by atoms with Gasteiger partial charge in [0.2, 0.25) is 0 Å². The molecule has 1 atom stereocenters. The number of rotatable bonds is 2. The average molecular weight is 342 g/mol. The summed E-state index contributed by atoms with van der Waals surface area (Å²) < 4.78 is 5.71. The van der Waals surface area contributed by atoms with E-state index < -0.39 is 0 Å². The molecule has 0 amide bonds. The summed E-state index contributed by atoms with van der Waals surface area (Å²) in [7, 11) is 0. The third-order valence-electron chi connectivity index (χ3n) is 3.85. The van der Waals surface area contributed by atoms with Crippen LogP contribution < -0.4 is 4.74 Å². The Morgan fingerprint density at radius 2 is 1.86 bits per heavy atom. The predicted molar refractivity (Wildman–Crippen MR) is 89.1 cm³/mol. The van der Waals surface area contributed by atoms with Gasteiger partial charge in [0.25, 0.3) is 0 Å². The topological polar surface area (TPSA) is 9.23 Å². The first kappa shape index (κ1) is 15.0. The summed E-state index contributed by atoms with van der Waals surface area (Å²) in [6.45, 7) is 5.02. The first-order valence-electron chi connectivity index (χ1n) is 6.75. The van der Waals surface area contributed by atoms with E-state index in [1.165, 1.54) is 5.56 Å². The van der Waals surface area contributed by atoms with Gasteiger partial charge in [0.05, 0.1) is 12.0 Å². The molecule has 1 nitrogen and oxygen atoms in total. The van der Waals surface area contributed by atoms with E-state index >= 15 is 0 Å². The SMILES string of the molecule is CC1(C)COc2ccc(C(Cl)c3cc(Cl)ccc3Cl)cc21. The van der Waals surface area contributed by atoms with Crippen molar-refractivity contribution in [3.63, 3.8) is 0 Å². The zero-order valence-corrected chi connectivity index (χ0v) is 14.1. The Labute approximate surface area is 139 Å². The van der Waals surface area contributed by atoms with Crippen molar-refractivity contribution in [2.24, 2.45) is 0 Å². The molecule has 0 radical (unpaired) electrons. The summed E-state index contributed by atoms with van der Waals surface area (Å²) >= 11 is 18.9. The molecule has 110 valence electrons. The van der Waals surface area contributed by atoms with Gasteiger partial charge >= 0.3 is 0 Å². The van der Waals surface area contributed by atoms with Crippen LogP contribution in [0.15, 0.2) is 36.4 Å². The van der Waals surface area contributed by atoms with Crippen molar-refractivity contribution in [1.29, 1.82) is 0 Å². The Morgan fingerprint density at radius 3 is 2.62 bits per heavy atom. The molecule has 1 unspecified atom stereocenters. The average Bonchev–Trinajstić information content (AvgIpc) is 2.76. The van der Waals surface area contributed by atoms with Gasteiger partial charge < -0.3 is 4.74 Å². The fourth-order valence-corrected chi connectivity index (χ4v) is 3.36. The van der Waals surface area contributed by atoms with Crippen LogP contribution in [0, 0.1) is 0 Å². The van der Waals surface area contributed by atoms with Crippen molar-refractivity contribution in [1.82, 2.24) is 0 Å². The molecule has 0 N–H and O–H groups in total. The number of ether oxygens (including phenoxy) is 1. The van der Waals surface area contributed by atoms with E-state index in [4.69, 9.17) is 39.5 Å². The number of halogens is 3. The summed E-state index contributed by atoms with van der Waals surface area (Å²) in [6.07, 6.45) is 0. The highest BCUT2D eigenvalue weighted by Gasteiger charge is 2.32. The molecule has 0 aliphatic carbocycles. The van der Waals surface area contributed by atoms with Crippen LogP contribution in [0.3, 0.4) is 0 Å². The lowest BCUT2D eigenvalue weighted by Gasteiger charge is -2.18. The first-order valence-corrected chi connectivity index (χ1v) is 7.94. The van der Waals surface area contributed by atoms with E-state index in [0.29, 0.717) is 16.7 Å². The number of hydrogen-bond acceptors (Lipinski definition) is 1. The quantitative estimate of drug-likeness (QED) is 0.609. The molecule has 2 aromatic rings. The van der Waals surface area contributed by atoms with Gasteiger partial charge in [0, 0.05) is 21.0 Å². The fourth-order valence-electron chi connectivity index (χ4n) is 2.58. The minimum absolute atomic E-state index is 0.0000792. The standard InChI is InChI=1S/C17H15Cl3O/c1-17(2)9-21-15-6-3-10(7-13(15)17)16(20)12-8-11(18)4-5-14(12)19/h3-8,16H,9H2,1-2H3. The van der Waals surface area contributed by atoms with Crippen LogP contribution in [0.2, 0.25) is 10.0 Å². The maximum Gasteiger partial charge on any atom is 0.123 e. The van der Waals surface area contributed by atoms with Crippen molar-refractivity contribution in [2.45, 2.75) is 24.6 Å². The van der Waals surface area contributed by atoms with E-state index in [1.807, 2.05) is 18.2 Å². The van der Waals surface area contributed by atoms with Gasteiger partial charge in [-0.2, -0.15) is 0 Å². The van der Waals surface area contributed by atoms with Crippen LogP contribution in [0.5, 0.6) is 5.75 Å². The first-order chi connectivity index (χ1) is 9.88. The van der Waals surface area contributed by atoms with Gasteiger partial charge in [-0.3, -0.25) is 0 Å². The smallest absolute Gasteiger partial charge is 0.123 e. The molecule has 0 saturated heterocycles. The van der Waals surface area contributed by atoms with Gasteiger partial charge in [-0.1, -0.05) is 43.1 Å². The third-order valence-corrected chi connectivity index (χ3v) is 4.91. The van der Waals surface area contributed by atoms with Gasteiger partial charge in [-0.25, -0.2) is 0 Å². The number of alkyl halides is 1. The molecule has 0 spiro atoms. The van der Waals surface area contributed by atoms with Crippen molar-refractivity contribution in [2.75, 3.05) is 6.61 Å². The molecule has 21 heavy (non-hydrogen) atoms. The van der Waals surface area contributed by atoms with Gasteiger partial charge in [-0.15, -0.1) is 11.6 Å². The molecule has 1 aliphatic heterocycles. The van der Waals surface area contributed by atoms with Crippen LogP contribution in [0.1, 0.15) is 35.9 Å². The van der Waals surface area contributed by atoms with Gasteiger partial charge in [-0.05, 0) is 41.5 Å². The predicted octanol–water partition coefficient (Wildman–Crippen LogP) is 5.99. The summed E-state index contributed by atoms with van der Waals surface area (Å²) in [5.74, 6) is 0.935. The number of hydrogen-bond donors (Lipinski definition) is 0. The molecule has 1 aliphatic rings. The van der Waals surface area contributed by atoms with Crippen molar-refractivity contribution >= 4 is 34.8 Å². The molecule has 1 heterocycles. The summed E-state index contributed by atoms with van der Waals surface area (Å²) in [4.78, 5) is 0. The summed E-state index contributed by atoms with van der Waals surface area (Å²) in [6, 6.07) is 11.4. The second-order valence-corrected chi connectivity index (χ2v) is 7.24. The van der Waals surface area contributed by atoms with Crippen LogP contribution in [0.25, 0.3) is 0 Å². The molecular weight excluding hydrogens is 327 g/mol.